The number of halogens is 2. The van der Waals surface area contributed by atoms with Crippen molar-refractivity contribution in [2.45, 2.75) is 37.6 Å². The Morgan fingerprint density at radius 3 is 2.70 bits per heavy atom. The maximum Gasteiger partial charge on any atom is 0.434 e. The van der Waals surface area contributed by atoms with E-state index in [0.717, 1.165) is 56.0 Å². The van der Waals surface area contributed by atoms with Crippen molar-refractivity contribution in [2.75, 3.05) is 39.8 Å². The lowest BCUT2D eigenvalue weighted by molar-refractivity contribution is -0.405. The molecule has 0 aliphatic carbocycles. The number of benzene rings is 2. The maximum absolute atomic E-state index is 16.8. The second-order valence-corrected chi connectivity index (χ2v) is 13.8. The molecule has 1 atom stereocenters. The summed E-state index contributed by atoms with van der Waals surface area (Å²) >= 11 is 6.63. The topological polar surface area (TPSA) is 100 Å². The largest absolute Gasteiger partial charge is 0.443 e. The molecule has 3 saturated heterocycles. The van der Waals surface area contributed by atoms with Crippen LogP contribution in [0.1, 0.15) is 37.8 Å². The van der Waals surface area contributed by atoms with E-state index in [1.807, 2.05) is 53.1 Å². The van der Waals surface area contributed by atoms with Gasteiger partial charge in [-0.3, -0.25) is 24.6 Å². The van der Waals surface area contributed by atoms with Crippen LogP contribution in [0.5, 0.6) is 6.01 Å². The van der Waals surface area contributed by atoms with Crippen molar-refractivity contribution in [1.29, 1.82) is 0 Å². The highest BCUT2D eigenvalue weighted by molar-refractivity contribution is 6.36. The Hall–Kier alpha value is -4.87. The minimum absolute atomic E-state index is 0.0282. The van der Waals surface area contributed by atoms with Crippen molar-refractivity contribution in [3.63, 3.8) is 0 Å². The van der Waals surface area contributed by atoms with Crippen LogP contribution in [-0.4, -0.2) is 96.8 Å². The number of likely N-dealkylation sites (tertiary alicyclic amines) is 1. The van der Waals surface area contributed by atoms with Crippen LogP contribution in [0.4, 0.5) is 10.2 Å². The van der Waals surface area contributed by atoms with E-state index in [1.165, 1.54) is 6.08 Å². The second kappa shape index (κ2) is 13.4. The van der Waals surface area contributed by atoms with Gasteiger partial charge in [0.1, 0.15) is 23.2 Å². The standard InChI is InChI=1S/C38H37ClFN8O2/c1-46(22-25-12-19-47(23-25)31(49)11-10-27-20-41-15-16-42-27)36-29-21-43-34(28-8-2-6-26-7-3-9-30(39)32(26)28)33(40)35(29)44-37(45-36)50-24-38-13-4-17-48(38)18-5-14-38/h2-3,6-11,15-16,20-22,25H,4-5,12-14,17-19,23-24H2,1H3/q+1/b11-10+,46-22-. The highest BCUT2D eigenvalue weighted by atomic mass is 35.5. The van der Waals surface area contributed by atoms with E-state index >= 15 is 4.39 Å². The molecule has 10 nitrogen and oxygen atoms in total. The molecule has 254 valence electrons. The third-order valence-electron chi connectivity index (χ3n) is 10.3. The fraction of sp³-hybridized carbons (Fsp3) is 0.342. The van der Waals surface area contributed by atoms with Crippen LogP contribution in [0.2, 0.25) is 5.02 Å². The van der Waals surface area contributed by atoms with Gasteiger partial charge in [0.2, 0.25) is 5.91 Å². The molecule has 12 heteroatoms. The van der Waals surface area contributed by atoms with Gasteiger partial charge in [-0.25, -0.2) is 8.97 Å². The van der Waals surface area contributed by atoms with Crippen LogP contribution >= 0.6 is 11.6 Å². The number of ether oxygens (including phenoxy) is 1. The van der Waals surface area contributed by atoms with E-state index in [9.17, 15) is 4.79 Å². The number of carbonyl (C=O) groups excluding carboxylic acids is 1. The predicted octanol–water partition coefficient (Wildman–Crippen LogP) is 6.34. The number of nitrogens with zero attached hydrogens (tertiary/aromatic N) is 8. The number of pyridine rings is 1. The number of hydrogen-bond donors (Lipinski definition) is 0. The van der Waals surface area contributed by atoms with Crippen LogP contribution in [-0.2, 0) is 4.79 Å². The molecule has 3 fully saturated rings. The zero-order chi connectivity index (χ0) is 34.2. The molecule has 0 spiro atoms. The molecule has 0 saturated carbocycles. The van der Waals surface area contributed by atoms with E-state index in [4.69, 9.17) is 21.3 Å². The molecule has 50 heavy (non-hydrogen) atoms. The number of fused-ring (bicyclic) bond motifs is 3. The lowest BCUT2D eigenvalue weighted by Crippen LogP contribution is -2.43. The first-order valence-electron chi connectivity index (χ1n) is 17.1. The molecule has 5 aromatic rings. The summed E-state index contributed by atoms with van der Waals surface area (Å²) in [4.78, 5) is 39.7. The summed E-state index contributed by atoms with van der Waals surface area (Å²) in [6.07, 6.45) is 16.8. The summed E-state index contributed by atoms with van der Waals surface area (Å²) in [5.41, 5.74) is 1.47. The first-order chi connectivity index (χ1) is 24.4. The molecule has 3 aromatic heterocycles. The Morgan fingerprint density at radius 1 is 1.08 bits per heavy atom. The van der Waals surface area contributed by atoms with Gasteiger partial charge in [0.15, 0.2) is 5.82 Å². The third-order valence-corrected chi connectivity index (χ3v) is 10.6. The van der Waals surface area contributed by atoms with Gasteiger partial charge in [-0.15, -0.1) is 0 Å². The van der Waals surface area contributed by atoms with Crippen molar-refractivity contribution < 1.29 is 18.5 Å². The summed E-state index contributed by atoms with van der Waals surface area (Å²) < 4.78 is 25.1. The van der Waals surface area contributed by atoms with Crippen LogP contribution in [0, 0.1) is 11.7 Å². The molecule has 8 rings (SSSR count). The Kier molecular flexibility index (Phi) is 8.70. The Labute approximate surface area is 294 Å². The average molecular weight is 692 g/mol. The van der Waals surface area contributed by atoms with Gasteiger partial charge in [0.05, 0.1) is 30.7 Å². The first-order valence-corrected chi connectivity index (χ1v) is 17.5. The molecule has 0 radical (unpaired) electrons. The zero-order valence-corrected chi connectivity index (χ0v) is 28.6. The molecular weight excluding hydrogens is 655 g/mol. The fourth-order valence-corrected chi connectivity index (χ4v) is 8.13. The number of amides is 1. The maximum atomic E-state index is 16.8. The molecule has 1 amide bonds. The monoisotopic (exact) mass is 691 g/mol. The van der Waals surface area contributed by atoms with Crippen molar-refractivity contribution in [3.05, 3.63) is 83.8 Å². The highest BCUT2D eigenvalue weighted by Gasteiger charge is 2.45. The summed E-state index contributed by atoms with van der Waals surface area (Å²) in [6, 6.07) is 11.4. The van der Waals surface area contributed by atoms with Gasteiger partial charge < -0.3 is 9.64 Å². The van der Waals surface area contributed by atoms with E-state index in [0.29, 0.717) is 47.2 Å². The summed E-state index contributed by atoms with van der Waals surface area (Å²) in [7, 11) is 1.88. The molecule has 1 unspecified atom stereocenters. The van der Waals surface area contributed by atoms with Gasteiger partial charge in [-0.1, -0.05) is 41.9 Å². The SMILES string of the molecule is C/[N+](=C/C1CCN(C(=O)/C=C/c2cnccn2)C1)c1nc(OCC23CCCN2CCC3)nc2c(F)c(-c3cccc4cccc(Cl)c34)ncc12. The second-order valence-electron chi connectivity index (χ2n) is 13.4. The van der Waals surface area contributed by atoms with E-state index in [2.05, 4.69) is 24.8 Å². The van der Waals surface area contributed by atoms with Gasteiger partial charge >= 0.3 is 11.8 Å². The van der Waals surface area contributed by atoms with Crippen LogP contribution in [0.15, 0.2) is 67.3 Å². The normalized spacial score (nSPS) is 19.2. The molecule has 6 heterocycles. The Morgan fingerprint density at radius 2 is 1.90 bits per heavy atom. The lowest BCUT2D eigenvalue weighted by atomic mass is 9.95. The van der Waals surface area contributed by atoms with E-state index < -0.39 is 5.82 Å². The van der Waals surface area contributed by atoms with E-state index in [1.54, 1.807) is 36.9 Å². The van der Waals surface area contributed by atoms with Crippen molar-refractivity contribution in [1.82, 2.24) is 34.7 Å². The van der Waals surface area contributed by atoms with Crippen LogP contribution < -0.4 is 4.74 Å². The number of aromatic nitrogens is 5. The van der Waals surface area contributed by atoms with Crippen LogP contribution in [0.3, 0.4) is 0 Å². The molecule has 0 N–H and O–H groups in total. The van der Waals surface area contributed by atoms with Crippen molar-refractivity contribution in [2.24, 2.45) is 5.92 Å². The lowest BCUT2D eigenvalue weighted by Gasteiger charge is -2.30. The van der Waals surface area contributed by atoms with Gasteiger partial charge in [-0.05, 0) is 62.7 Å². The van der Waals surface area contributed by atoms with Crippen molar-refractivity contribution >= 4 is 57.3 Å². The smallest absolute Gasteiger partial charge is 0.434 e. The number of hydrogen-bond acceptors (Lipinski definition) is 8. The predicted molar refractivity (Wildman–Crippen MR) is 191 cm³/mol. The molecule has 2 aromatic carbocycles. The van der Waals surface area contributed by atoms with Gasteiger partial charge in [-0.2, -0.15) is 4.98 Å². The fourth-order valence-electron chi connectivity index (χ4n) is 7.85. The van der Waals surface area contributed by atoms with Gasteiger partial charge in [0, 0.05) is 64.6 Å². The van der Waals surface area contributed by atoms with Crippen molar-refractivity contribution in [3.8, 4) is 17.3 Å². The number of rotatable bonds is 8. The first kappa shape index (κ1) is 32.3. The number of carbonyl (C=O) groups is 1. The van der Waals surface area contributed by atoms with Crippen LogP contribution in [0.25, 0.3) is 39.0 Å². The Bertz CT molecular complexity index is 2150. The summed E-state index contributed by atoms with van der Waals surface area (Å²) in [6.45, 7) is 3.74. The molecular formula is C38H37ClFN8O2+. The average Bonchev–Trinajstić information content (AvgIpc) is 3.87. The molecule has 3 aliphatic rings. The third kappa shape index (κ3) is 6.09. The summed E-state index contributed by atoms with van der Waals surface area (Å²) in [5, 5.41) is 2.60. The Balaban J connectivity index is 1.14. The zero-order valence-electron chi connectivity index (χ0n) is 27.8. The minimum Gasteiger partial charge on any atom is -0.443 e. The highest BCUT2D eigenvalue weighted by Crippen LogP contribution is 2.40. The molecule has 0 bridgehead atoms. The summed E-state index contributed by atoms with van der Waals surface area (Å²) in [5.74, 6) is -0.108. The molecule has 3 aliphatic heterocycles. The quantitative estimate of drug-likeness (QED) is 0.106. The van der Waals surface area contributed by atoms with E-state index in [-0.39, 0.29) is 34.6 Å². The minimum atomic E-state index is -0.564. The van der Waals surface area contributed by atoms with Gasteiger partial charge in [0.25, 0.3) is 0 Å².